The van der Waals surface area contributed by atoms with Gasteiger partial charge in [0.1, 0.15) is 11.6 Å². The fourth-order valence-corrected chi connectivity index (χ4v) is 6.84. The summed E-state index contributed by atoms with van der Waals surface area (Å²) in [5.74, 6) is 1.06. The number of nitrogens with zero attached hydrogens (tertiary/aromatic N) is 3. The van der Waals surface area contributed by atoms with E-state index in [0.29, 0.717) is 5.75 Å². The van der Waals surface area contributed by atoms with Crippen LogP contribution >= 0.6 is 0 Å². The predicted octanol–water partition coefficient (Wildman–Crippen LogP) is 9.83. The lowest BCUT2D eigenvalue weighted by molar-refractivity contribution is 0.448. The van der Waals surface area contributed by atoms with Crippen LogP contribution in [0.25, 0.3) is 55.9 Å². The van der Waals surface area contributed by atoms with E-state index in [4.69, 9.17) is 9.97 Å². The monoisotopic (exact) mass is 577 g/mol. The van der Waals surface area contributed by atoms with Crippen molar-refractivity contribution in [2.45, 2.75) is 58.8 Å². The number of hydrogen-bond acceptors (Lipinski definition) is 3. The number of phenols is 1. The van der Waals surface area contributed by atoms with Crippen molar-refractivity contribution >= 4 is 11.0 Å². The molecule has 220 valence electrons. The van der Waals surface area contributed by atoms with Crippen LogP contribution in [0.2, 0.25) is 0 Å². The fraction of sp³-hybridized carbons (Fsp3) is 0.250. The Morgan fingerprint density at radius 3 is 2.30 bits per heavy atom. The highest BCUT2D eigenvalue weighted by molar-refractivity contribution is 5.96. The Kier molecular flexibility index (Phi) is 6.88. The van der Waals surface area contributed by atoms with E-state index in [1.807, 2.05) is 19.3 Å². The summed E-state index contributed by atoms with van der Waals surface area (Å²) in [5.41, 5.74) is 14.1. The van der Waals surface area contributed by atoms with Gasteiger partial charge in [0.15, 0.2) is 0 Å². The van der Waals surface area contributed by atoms with E-state index >= 15 is 0 Å². The topological polar surface area (TPSA) is 50.9 Å². The molecule has 4 nitrogen and oxygen atoms in total. The van der Waals surface area contributed by atoms with Gasteiger partial charge >= 0.3 is 0 Å². The van der Waals surface area contributed by atoms with Gasteiger partial charge in [-0.25, -0.2) is 4.98 Å². The van der Waals surface area contributed by atoms with Crippen molar-refractivity contribution in [1.29, 1.82) is 0 Å². The SMILES string of the molecule is Cc1cc(-c2nc3c(-c4cc(-c5ccccc5)cc(-c5nccc6c5CCCC6)c4)cccc3n2C)c(O)c(C(C)(C)C)c1. The molecule has 44 heavy (non-hydrogen) atoms. The number of aromatic hydroxyl groups is 1. The molecule has 0 atom stereocenters. The third kappa shape index (κ3) is 4.89. The lowest BCUT2D eigenvalue weighted by atomic mass is 9.84. The van der Waals surface area contributed by atoms with Crippen molar-refractivity contribution in [3.63, 3.8) is 0 Å². The largest absolute Gasteiger partial charge is 0.507 e. The maximum Gasteiger partial charge on any atom is 0.144 e. The van der Waals surface area contributed by atoms with Gasteiger partial charge in [0.05, 0.1) is 22.3 Å². The van der Waals surface area contributed by atoms with Gasteiger partial charge in [-0.15, -0.1) is 0 Å². The molecular weight excluding hydrogens is 538 g/mol. The van der Waals surface area contributed by atoms with Crippen molar-refractivity contribution in [2.24, 2.45) is 7.05 Å². The Labute approximate surface area is 260 Å². The summed E-state index contributed by atoms with van der Waals surface area (Å²) in [6.45, 7) is 8.48. The average molecular weight is 578 g/mol. The Balaban J connectivity index is 1.46. The van der Waals surface area contributed by atoms with Crippen LogP contribution in [0.15, 0.2) is 91.1 Å². The van der Waals surface area contributed by atoms with E-state index in [9.17, 15) is 5.11 Å². The highest BCUT2D eigenvalue weighted by Crippen LogP contribution is 2.42. The number of benzene rings is 4. The molecular formula is C40H39N3O. The fourth-order valence-electron chi connectivity index (χ4n) is 6.84. The van der Waals surface area contributed by atoms with Crippen LogP contribution in [-0.2, 0) is 25.3 Å². The number of phenolic OH excluding ortho intramolecular Hbond substituents is 1. The van der Waals surface area contributed by atoms with Crippen LogP contribution in [-0.4, -0.2) is 19.6 Å². The minimum atomic E-state index is -0.195. The summed E-state index contributed by atoms with van der Waals surface area (Å²) in [6.07, 6.45) is 6.60. The van der Waals surface area contributed by atoms with E-state index < -0.39 is 0 Å². The molecule has 0 amide bonds. The maximum absolute atomic E-state index is 11.5. The predicted molar refractivity (Wildman–Crippen MR) is 182 cm³/mol. The molecule has 0 bridgehead atoms. The van der Waals surface area contributed by atoms with Crippen molar-refractivity contribution < 1.29 is 5.11 Å². The van der Waals surface area contributed by atoms with Gasteiger partial charge in [-0.05, 0) is 108 Å². The summed E-state index contributed by atoms with van der Waals surface area (Å²) < 4.78 is 2.11. The Morgan fingerprint density at radius 2 is 1.50 bits per heavy atom. The molecule has 0 unspecified atom stereocenters. The minimum absolute atomic E-state index is 0.195. The van der Waals surface area contributed by atoms with Crippen molar-refractivity contribution in [3.8, 4) is 50.6 Å². The van der Waals surface area contributed by atoms with E-state index in [1.54, 1.807) is 0 Å². The molecule has 4 aromatic carbocycles. The molecule has 0 fully saturated rings. The van der Waals surface area contributed by atoms with Gasteiger partial charge in [0, 0.05) is 29.9 Å². The lowest BCUT2D eigenvalue weighted by Gasteiger charge is -2.22. The van der Waals surface area contributed by atoms with Gasteiger partial charge in [-0.3, -0.25) is 4.98 Å². The highest BCUT2D eigenvalue weighted by Gasteiger charge is 2.24. The van der Waals surface area contributed by atoms with Crippen LogP contribution in [0.4, 0.5) is 0 Å². The number of aryl methyl sites for hydroxylation is 3. The van der Waals surface area contributed by atoms with E-state index in [0.717, 1.165) is 74.3 Å². The number of para-hydroxylation sites is 1. The van der Waals surface area contributed by atoms with Crippen molar-refractivity contribution in [3.05, 3.63) is 113 Å². The number of fused-ring (bicyclic) bond motifs is 2. The summed E-state index contributed by atoms with van der Waals surface area (Å²) >= 11 is 0. The third-order valence-electron chi connectivity index (χ3n) is 9.11. The van der Waals surface area contributed by atoms with Gasteiger partial charge in [0.2, 0.25) is 0 Å². The van der Waals surface area contributed by atoms with Gasteiger partial charge < -0.3 is 9.67 Å². The highest BCUT2D eigenvalue weighted by atomic mass is 16.3. The molecule has 1 aliphatic carbocycles. The lowest BCUT2D eigenvalue weighted by Crippen LogP contribution is -2.12. The zero-order valence-electron chi connectivity index (χ0n) is 26.3. The maximum atomic E-state index is 11.5. The van der Waals surface area contributed by atoms with E-state index in [1.165, 1.54) is 29.5 Å². The first kappa shape index (κ1) is 28.1. The summed E-state index contributed by atoms with van der Waals surface area (Å²) in [6, 6.07) is 30.2. The molecule has 0 spiro atoms. The smallest absolute Gasteiger partial charge is 0.144 e. The normalized spacial score (nSPS) is 13.3. The van der Waals surface area contributed by atoms with E-state index in [2.05, 4.69) is 111 Å². The Bertz CT molecular complexity index is 2030. The van der Waals surface area contributed by atoms with Crippen LogP contribution in [0.1, 0.15) is 55.9 Å². The standard InChI is InChI=1S/C40H39N3O/c1-25-20-33(38(44)34(21-25)40(2,3)4)39-42-37-32(16-11-17-35(37)43(39)5)29-22-28(26-12-7-6-8-13-26)23-30(24-29)36-31-15-10-9-14-27(31)18-19-41-36/h6-8,11-13,16-24,44H,9-10,14-15H2,1-5H3. The number of imidazole rings is 1. The summed E-state index contributed by atoms with van der Waals surface area (Å²) in [5, 5.41) is 11.5. The average Bonchev–Trinajstić information content (AvgIpc) is 3.37. The first-order valence-corrected chi connectivity index (χ1v) is 15.7. The van der Waals surface area contributed by atoms with Crippen molar-refractivity contribution in [1.82, 2.24) is 14.5 Å². The van der Waals surface area contributed by atoms with Crippen LogP contribution in [0, 0.1) is 6.92 Å². The molecule has 7 rings (SSSR count). The minimum Gasteiger partial charge on any atom is -0.507 e. The molecule has 1 N–H and O–H groups in total. The Hall–Kier alpha value is -4.70. The van der Waals surface area contributed by atoms with Crippen LogP contribution in [0.5, 0.6) is 5.75 Å². The second kappa shape index (κ2) is 10.8. The molecule has 4 heteroatoms. The third-order valence-corrected chi connectivity index (χ3v) is 9.11. The van der Waals surface area contributed by atoms with E-state index in [-0.39, 0.29) is 5.41 Å². The molecule has 0 aliphatic heterocycles. The van der Waals surface area contributed by atoms with Gasteiger partial charge in [0.25, 0.3) is 0 Å². The van der Waals surface area contributed by atoms with Crippen molar-refractivity contribution in [2.75, 3.05) is 0 Å². The molecule has 0 saturated carbocycles. The molecule has 2 aromatic heterocycles. The zero-order chi connectivity index (χ0) is 30.6. The molecule has 0 saturated heterocycles. The molecule has 0 radical (unpaired) electrons. The molecule has 6 aromatic rings. The van der Waals surface area contributed by atoms with Gasteiger partial charge in [-0.1, -0.05) is 69.3 Å². The summed E-state index contributed by atoms with van der Waals surface area (Å²) in [7, 11) is 2.04. The second-order valence-corrected chi connectivity index (χ2v) is 13.3. The quantitative estimate of drug-likeness (QED) is 0.227. The van der Waals surface area contributed by atoms with Gasteiger partial charge in [-0.2, -0.15) is 0 Å². The molecule has 2 heterocycles. The van der Waals surface area contributed by atoms with Crippen LogP contribution in [0.3, 0.4) is 0 Å². The molecule has 1 aliphatic rings. The number of hydrogen-bond donors (Lipinski definition) is 1. The second-order valence-electron chi connectivity index (χ2n) is 13.3. The summed E-state index contributed by atoms with van der Waals surface area (Å²) in [4.78, 5) is 10.2. The first-order valence-electron chi connectivity index (χ1n) is 15.7. The zero-order valence-corrected chi connectivity index (χ0v) is 26.3. The van der Waals surface area contributed by atoms with Crippen LogP contribution < -0.4 is 0 Å². The first-order chi connectivity index (χ1) is 21.2. The number of aromatic nitrogens is 3. The number of pyridine rings is 1. The number of rotatable bonds is 4. The Morgan fingerprint density at radius 1 is 0.750 bits per heavy atom.